The number of para-hydroxylation sites is 1. The molecule has 0 radical (unpaired) electrons. The van der Waals surface area contributed by atoms with Crippen molar-refractivity contribution in [3.63, 3.8) is 0 Å². The summed E-state index contributed by atoms with van der Waals surface area (Å²) in [6.45, 7) is 1.95. The monoisotopic (exact) mass is 361 g/mol. The topological polar surface area (TPSA) is 98.2 Å². The van der Waals surface area contributed by atoms with Crippen molar-refractivity contribution in [2.24, 2.45) is 0 Å². The lowest BCUT2D eigenvalue weighted by Crippen LogP contribution is -2.17. The summed E-state index contributed by atoms with van der Waals surface area (Å²) in [5.74, 6) is 1.36. The number of anilines is 1. The number of nitrogens with zero attached hydrogens (tertiary/aromatic N) is 2. The van der Waals surface area contributed by atoms with Crippen LogP contribution in [-0.2, 0) is 16.4 Å². The van der Waals surface area contributed by atoms with Crippen molar-refractivity contribution in [1.82, 2.24) is 10.1 Å². The minimum atomic E-state index is -3.37. The van der Waals surface area contributed by atoms with Gasteiger partial charge in [0.25, 0.3) is 0 Å². The zero-order valence-electron chi connectivity index (χ0n) is 13.8. The maximum Gasteiger partial charge on any atom is 0.238 e. The first-order valence-corrected chi connectivity index (χ1v) is 9.67. The van der Waals surface area contributed by atoms with Crippen LogP contribution in [-0.4, -0.2) is 24.3 Å². The molecule has 2 heterocycles. The number of hydrogen-bond acceptors (Lipinski definition) is 6. The summed E-state index contributed by atoms with van der Waals surface area (Å²) in [5, 5.41) is 3.88. The predicted octanol–water partition coefficient (Wildman–Crippen LogP) is 3.46. The second-order valence-corrected chi connectivity index (χ2v) is 7.44. The van der Waals surface area contributed by atoms with E-state index in [1.54, 1.807) is 24.3 Å². The lowest BCUT2D eigenvalue weighted by molar-refractivity contribution is 0.384. The third-order valence-electron chi connectivity index (χ3n) is 3.60. The molecule has 0 aliphatic heterocycles. The van der Waals surface area contributed by atoms with Gasteiger partial charge in [0.2, 0.25) is 21.7 Å². The van der Waals surface area contributed by atoms with Gasteiger partial charge in [-0.2, -0.15) is 4.98 Å². The molecule has 0 spiro atoms. The Hall–Kier alpha value is -2.61. The van der Waals surface area contributed by atoms with E-state index in [4.69, 9.17) is 8.94 Å². The number of hydrogen-bond donors (Lipinski definition) is 1. The first kappa shape index (κ1) is 17.2. The number of sulfonamides is 1. The van der Waals surface area contributed by atoms with Gasteiger partial charge >= 0.3 is 0 Å². The lowest BCUT2D eigenvalue weighted by Gasteiger charge is -2.11. The molecule has 1 aromatic carbocycles. The average Bonchev–Trinajstić information content (AvgIpc) is 3.26. The first-order chi connectivity index (χ1) is 12.1. The van der Waals surface area contributed by atoms with Crippen LogP contribution in [0.4, 0.5) is 5.69 Å². The van der Waals surface area contributed by atoms with E-state index in [-0.39, 0.29) is 5.75 Å². The molecule has 0 atom stereocenters. The van der Waals surface area contributed by atoms with Crippen LogP contribution in [0.3, 0.4) is 0 Å². The number of unbranched alkanes of at least 4 members (excludes halogenated alkanes) is 1. The molecule has 7 nitrogen and oxygen atoms in total. The minimum absolute atomic E-state index is 0.0982. The zero-order valence-corrected chi connectivity index (χ0v) is 14.6. The third kappa shape index (κ3) is 4.48. The number of rotatable bonds is 8. The van der Waals surface area contributed by atoms with E-state index in [9.17, 15) is 8.42 Å². The van der Waals surface area contributed by atoms with Crippen LogP contribution in [0.5, 0.6) is 0 Å². The molecular formula is C17H19N3O4S. The number of nitrogens with one attached hydrogen (secondary N) is 1. The van der Waals surface area contributed by atoms with Crippen molar-refractivity contribution in [1.29, 1.82) is 0 Å². The maximum atomic E-state index is 12.1. The largest absolute Gasteiger partial charge is 0.461 e. The Morgan fingerprint density at radius 3 is 2.76 bits per heavy atom. The highest BCUT2D eigenvalue weighted by molar-refractivity contribution is 7.92. The minimum Gasteiger partial charge on any atom is -0.461 e. The fourth-order valence-electron chi connectivity index (χ4n) is 2.32. The molecule has 0 amide bonds. The SMILES string of the molecule is CCCCS(=O)(=O)Nc1ccccc1Cc1nc(-c2ccco2)no1. The number of aromatic nitrogens is 2. The summed E-state index contributed by atoms with van der Waals surface area (Å²) in [7, 11) is -3.37. The molecule has 3 rings (SSSR count). The Balaban J connectivity index is 1.77. The van der Waals surface area contributed by atoms with Crippen molar-refractivity contribution in [2.75, 3.05) is 10.5 Å². The highest BCUT2D eigenvalue weighted by Crippen LogP contribution is 2.22. The summed E-state index contributed by atoms with van der Waals surface area (Å²) in [5.41, 5.74) is 1.29. The van der Waals surface area contributed by atoms with Crippen molar-refractivity contribution >= 4 is 15.7 Å². The summed E-state index contributed by atoms with van der Waals surface area (Å²) in [4.78, 5) is 4.29. The Kier molecular flexibility index (Phi) is 5.18. The predicted molar refractivity (Wildman–Crippen MR) is 93.6 cm³/mol. The Morgan fingerprint density at radius 2 is 2.00 bits per heavy atom. The summed E-state index contributed by atoms with van der Waals surface area (Å²) >= 11 is 0. The molecule has 0 fully saturated rings. The molecule has 132 valence electrons. The van der Waals surface area contributed by atoms with Gasteiger partial charge in [0.15, 0.2) is 5.76 Å². The van der Waals surface area contributed by atoms with E-state index in [1.165, 1.54) is 6.26 Å². The van der Waals surface area contributed by atoms with E-state index in [0.717, 1.165) is 12.0 Å². The molecule has 3 aromatic rings. The molecule has 0 unspecified atom stereocenters. The van der Waals surface area contributed by atoms with Gasteiger partial charge in [-0.15, -0.1) is 0 Å². The fourth-order valence-corrected chi connectivity index (χ4v) is 3.63. The van der Waals surface area contributed by atoms with Crippen molar-refractivity contribution in [2.45, 2.75) is 26.2 Å². The van der Waals surface area contributed by atoms with Gasteiger partial charge in [0, 0.05) is 0 Å². The second kappa shape index (κ2) is 7.52. The number of furan rings is 1. The quantitative estimate of drug-likeness (QED) is 0.660. The molecule has 0 aliphatic carbocycles. The van der Waals surface area contributed by atoms with Crippen molar-refractivity contribution in [3.05, 3.63) is 54.1 Å². The molecule has 1 N–H and O–H groups in total. The van der Waals surface area contributed by atoms with Crippen LogP contribution in [0, 0.1) is 0 Å². The van der Waals surface area contributed by atoms with Crippen LogP contribution in [0.25, 0.3) is 11.6 Å². The van der Waals surface area contributed by atoms with Crippen LogP contribution in [0.2, 0.25) is 0 Å². The maximum absolute atomic E-state index is 12.1. The van der Waals surface area contributed by atoms with E-state index in [0.29, 0.717) is 36.0 Å². The van der Waals surface area contributed by atoms with E-state index >= 15 is 0 Å². The van der Waals surface area contributed by atoms with E-state index in [2.05, 4.69) is 14.9 Å². The Labute approximate surface area is 146 Å². The molecule has 0 aliphatic rings. The Morgan fingerprint density at radius 1 is 1.16 bits per heavy atom. The average molecular weight is 361 g/mol. The normalized spacial score (nSPS) is 11.6. The van der Waals surface area contributed by atoms with Crippen LogP contribution >= 0.6 is 0 Å². The number of benzene rings is 1. The smallest absolute Gasteiger partial charge is 0.238 e. The van der Waals surface area contributed by atoms with Gasteiger partial charge in [0.05, 0.1) is 24.1 Å². The fraction of sp³-hybridized carbons (Fsp3) is 0.294. The highest BCUT2D eigenvalue weighted by atomic mass is 32.2. The third-order valence-corrected chi connectivity index (χ3v) is 4.96. The molecule has 0 saturated carbocycles. The summed E-state index contributed by atoms with van der Waals surface area (Å²) < 4.78 is 37.4. The van der Waals surface area contributed by atoms with Crippen LogP contribution in [0.15, 0.2) is 51.6 Å². The van der Waals surface area contributed by atoms with Gasteiger partial charge in [-0.05, 0) is 30.2 Å². The van der Waals surface area contributed by atoms with Gasteiger partial charge in [-0.3, -0.25) is 4.72 Å². The molecular weight excluding hydrogens is 342 g/mol. The van der Waals surface area contributed by atoms with Gasteiger partial charge < -0.3 is 8.94 Å². The first-order valence-electron chi connectivity index (χ1n) is 8.02. The second-order valence-electron chi connectivity index (χ2n) is 5.60. The van der Waals surface area contributed by atoms with Crippen molar-refractivity contribution < 1.29 is 17.4 Å². The molecule has 0 bridgehead atoms. The highest BCUT2D eigenvalue weighted by Gasteiger charge is 2.15. The molecule has 8 heteroatoms. The standard InChI is InChI=1S/C17H19N3O4S/c1-2-3-11-25(21,22)20-14-8-5-4-7-13(14)12-16-18-17(19-24-16)15-9-6-10-23-15/h4-10,20H,2-3,11-12H2,1H3. The van der Waals surface area contributed by atoms with Crippen molar-refractivity contribution in [3.8, 4) is 11.6 Å². The summed E-state index contributed by atoms with van der Waals surface area (Å²) in [6.07, 6.45) is 3.29. The van der Waals surface area contributed by atoms with E-state index in [1.807, 2.05) is 19.1 Å². The van der Waals surface area contributed by atoms with E-state index < -0.39 is 10.0 Å². The van der Waals surface area contributed by atoms with Crippen LogP contribution < -0.4 is 4.72 Å². The molecule has 0 saturated heterocycles. The molecule has 25 heavy (non-hydrogen) atoms. The van der Waals surface area contributed by atoms with Gasteiger partial charge in [-0.1, -0.05) is 36.7 Å². The molecule has 2 aromatic heterocycles. The lowest BCUT2D eigenvalue weighted by atomic mass is 10.1. The Bertz CT molecular complexity index is 917. The summed E-state index contributed by atoms with van der Waals surface area (Å²) in [6, 6.07) is 10.7. The van der Waals surface area contributed by atoms with Gasteiger partial charge in [-0.25, -0.2) is 8.42 Å². The zero-order chi connectivity index (χ0) is 17.7. The van der Waals surface area contributed by atoms with Gasteiger partial charge in [0.1, 0.15) is 0 Å². The van der Waals surface area contributed by atoms with Crippen LogP contribution in [0.1, 0.15) is 31.2 Å².